The molecule has 0 bridgehead atoms. The average molecular weight is 260 g/mol. The summed E-state index contributed by atoms with van der Waals surface area (Å²) in [6.45, 7) is 4.90. The van der Waals surface area contributed by atoms with Gasteiger partial charge in [0.05, 0.1) is 6.04 Å². The number of thiophene rings is 1. The van der Waals surface area contributed by atoms with Crippen molar-refractivity contribution in [1.29, 1.82) is 0 Å². The molecule has 2 nitrogen and oxygen atoms in total. The van der Waals surface area contributed by atoms with Gasteiger partial charge in [-0.3, -0.25) is 0 Å². The lowest BCUT2D eigenvalue weighted by atomic mass is 10.1. The van der Waals surface area contributed by atoms with Crippen LogP contribution in [0.5, 0.6) is 0 Å². The van der Waals surface area contributed by atoms with E-state index in [0.29, 0.717) is 6.54 Å². The Balaban J connectivity index is 2.31. The molecular weight excluding hydrogens is 240 g/mol. The van der Waals surface area contributed by atoms with Crippen LogP contribution in [0.1, 0.15) is 22.0 Å². The Hall–Kier alpha value is -1.32. The zero-order valence-electron chi connectivity index (χ0n) is 11.2. The van der Waals surface area contributed by atoms with Gasteiger partial charge in [-0.1, -0.05) is 12.1 Å². The minimum absolute atomic E-state index is 0.256. The van der Waals surface area contributed by atoms with Crippen LogP contribution in [-0.4, -0.2) is 13.6 Å². The molecule has 2 rings (SSSR count). The number of likely N-dealkylation sites (N-methyl/N-ethyl adjacent to an activating group) is 1. The molecule has 0 aliphatic heterocycles. The lowest BCUT2D eigenvalue weighted by molar-refractivity contribution is 0.689. The highest BCUT2D eigenvalue weighted by Crippen LogP contribution is 2.30. The van der Waals surface area contributed by atoms with Crippen LogP contribution < -0.4 is 10.6 Å². The zero-order valence-corrected chi connectivity index (χ0v) is 12.0. The van der Waals surface area contributed by atoms with Crippen LogP contribution in [0.4, 0.5) is 5.69 Å². The molecule has 1 unspecified atom stereocenters. The largest absolute Gasteiger partial charge is 0.365 e. The van der Waals surface area contributed by atoms with Gasteiger partial charge in [-0.15, -0.1) is 11.3 Å². The predicted octanol–water partition coefficient (Wildman–Crippen LogP) is 3.50. The molecule has 0 radical (unpaired) electrons. The van der Waals surface area contributed by atoms with Crippen molar-refractivity contribution in [2.45, 2.75) is 19.9 Å². The van der Waals surface area contributed by atoms with Gasteiger partial charge >= 0.3 is 0 Å². The molecule has 1 heterocycles. The van der Waals surface area contributed by atoms with E-state index in [1.807, 2.05) is 0 Å². The lowest BCUT2D eigenvalue weighted by Gasteiger charge is -2.29. The van der Waals surface area contributed by atoms with E-state index >= 15 is 0 Å². The molecule has 2 N–H and O–H groups in total. The normalized spacial score (nSPS) is 12.4. The number of aryl methyl sites for hydroxylation is 2. The highest BCUT2D eigenvalue weighted by Gasteiger charge is 2.18. The summed E-state index contributed by atoms with van der Waals surface area (Å²) in [5.74, 6) is 0. The van der Waals surface area contributed by atoms with Crippen LogP contribution in [0.3, 0.4) is 0 Å². The number of anilines is 1. The second-order valence-electron chi connectivity index (χ2n) is 4.67. The first-order chi connectivity index (χ1) is 8.63. The predicted molar refractivity (Wildman–Crippen MR) is 80.4 cm³/mol. The molecule has 1 atom stereocenters. The molecule has 2 aromatic rings. The fourth-order valence-corrected chi connectivity index (χ4v) is 3.28. The summed E-state index contributed by atoms with van der Waals surface area (Å²) in [6.07, 6.45) is 0. The van der Waals surface area contributed by atoms with Crippen molar-refractivity contribution in [3.05, 3.63) is 51.7 Å². The van der Waals surface area contributed by atoms with Crippen molar-refractivity contribution in [3.63, 3.8) is 0 Å². The van der Waals surface area contributed by atoms with Gasteiger partial charge in [-0.05, 0) is 48.6 Å². The maximum absolute atomic E-state index is 5.97. The van der Waals surface area contributed by atoms with E-state index < -0.39 is 0 Å². The van der Waals surface area contributed by atoms with Gasteiger partial charge in [0, 0.05) is 24.2 Å². The second-order valence-corrected chi connectivity index (χ2v) is 5.62. The first kappa shape index (κ1) is 13.1. The third-order valence-corrected chi connectivity index (χ3v) is 4.42. The Bertz CT molecular complexity index is 519. The zero-order chi connectivity index (χ0) is 13.1. The van der Waals surface area contributed by atoms with Gasteiger partial charge in [0.2, 0.25) is 0 Å². The summed E-state index contributed by atoms with van der Waals surface area (Å²) < 4.78 is 0. The van der Waals surface area contributed by atoms with Crippen molar-refractivity contribution >= 4 is 17.0 Å². The summed E-state index contributed by atoms with van der Waals surface area (Å²) in [5.41, 5.74) is 9.80. The number of hydrogen-bond donors (Lipinski definition) is 1. The van der Waals surface area contributed by atoms with Crippen LogP contribution >= 0.6 is 11.3 Å². The molecule has 96 valence electrons. The minimum atomic E-state index is 0.256. The molecule has 18 heavy (non-hydrogen) atoms. The summed E-state index contributed by atoms with van der Waals surface area (Å²) in [7, 11) is 2.12. The summed E-state index contributed by atoms with van der Waals surface area (Å²) in [5, 5.41) is 2.14. The van der Waals surface area contributed by atoms with Crippen LogP contribution in [0, 0.1) is 13.8 Å². The Morgan fingerprint density at radius 3 is 2.61 bits per heavy atom. The van der Waals surface area contributed by atoms with E-state index in [1.54, 1.807) is 11.3 Å². The second kappa shape index (κ2) is 5.55. The van der Waals surface area contributed by atoms with Gasteiger partial charge < -0.3 is 10.6 Å². The Morgan fingerprint density at radius 2 is 2.06 bits per heavy atom. The van der Waals surface area contributed by atoms with Crippen LogP contribution in [0.2, 0.25) is 0 Å². The molecule has 0 amide bonds. The van der Waals surface area contributed by atoms with Crippen LogP contribution in [0.15, 0.2) is 35.7 Å². The van der Waals surface area contributed by atoms with E-state index in [0.717, 1.165) is 0 Å². The molecule has 0 fully saturated rings. The Morgan fingerprint density at radius 1 is 1.28 bits per heavy atom. The minimum Gasteiger partial charge on any atom is -0.365 e. The van der Waals surface area contributed by atoms with Gasteiger partial charge in [0.15, 0.2) is 0 Å². The van der Waals surface area contributed by atoms with Crippen molar-refractivity contribution in [2.24, 2.45) is 5.73 Å². The monoisotopic (exact) mass is 260 g/mol. The van der Waals surface area contributed by atoms with E-state index in [1.165, 1.54) is 21.7 Å². The number of hydrogen-bond acceptors (Lipinski definition) is 3. The van der Waals surface area contributed by atoms with Crippen molar-refractivity contribution in [3.8, 4) is 0 Å². The van der Waals surface area contributed by atoms with Crippen molar-refractivity contribution in [1.82, 2.24) is 0 Å². The molecule has 0 aliphatic carbocycles. The van der Waals surface area contributed by atoms with Gasteiger partial charge in [0.1, 0.15) is 0 Å². The quantitative estimate of drug-likeness (QED) is 0.911. The lowest BCUT2D eigenvalue weighted by Crippen LogP contribution is -2.30. The molecule has 1 aromatic heterocycles. The van der Waals surface area contributed by atoms with Crippen LogP contribution in [-0.2, 0) is 0 Å². The van der Waals surface area contributed by atoms with Crippen molar-refractivity contribution < 1.29 is 0 Å². The SMILES string of the molecule is Cc1cccc(N(C)C(CN)c2sccc2C)c1. The fraction of sp³-hybridized carbons (Fsp3) is 0.333. The molecule has 0 saturated heterocycles. The van der Waals surface area contributed by atoms with Crippen LogP contribution in [0.25, 0.3) is 0 Å². The third-order valence-electron chi connectivity index (χ3n) is 3.30. The van der Waals surface area contributed by atoms with E-state index in [-0.39, 0.29) is 6.04 Å². The maximum Gasteiger partial charge on any atom is 0.0756 e. The highest BCUT2D eigenvalue weighted by molar-refractivity contribution is 7.10. The highest BCUT2D eigenvalue weighted by atomic mass is 32.1. The van der Waals surface area contributed by atoms with Crippen molar-refractivity contribution in [2.75, 3.05) is 18.5 Å². The molecule has 3 heteroatoms. The first-order valence-electron chi connectivity index (χ1n) is 6.17. The van der Waals surface area contributed by atoms with E-state index in [9.17, 15) is 0 Å². The molecular formula is C15H20N2S. The Kier molecular flexibility index (Phi) is 4.04. The Labute approximate surface area is 113 Å². The number of rotatable bonds is 4. The topological polar surface area (TPSA) is 29.3 Å². The molecule has 0 spiro atoms. The maximum atomic E-state index is 5.97. The first-order valence-corrected chi connectivity index (χ1v) is 7.05. The number of benzene rings is 1. The standard InChI is InChI=1S/C15H20N2S/c1-11-5-4-6-13(9-11)17(3)14(10-16)15-12(2)7-8-18-15/h4-9,14H,10,16H2,1-3H3. The summed E-state index contributed by atoms with van der Waals surface area (Å²) >= 11 is 1.79. The number of nitrogens with two attached hydrogens (primary N) is 1. The van der Waals surface area contributed by atoms with E-state index in [4.69, 9.17) is 5.73 Å². The average Bonchev–Trinajstić information content (AvgIpc) is 2.77. The van der Waals surface area contributed by atoms with E-state index in [2.05, 4.69) is 61.5 Å². The summed E-state index contributed by atoms with van der Waals surface area (Å²) in [4.78, 5) is 3.63. The summed E-state index contributed by atoms with van der Waals surface area (Å²) in [6, 6.07) is 11.0. The fourth-order valence-electron chi connectivity index (χ4n) is 2.19. The molecule has 1 aromatic carbocycles. The number of nitrogens with zero attached hydrogens (tertiary/aromatic N) is 1. The third kappa shape index (κ3) is 2.57. The van der Waals surface area contributed by atoms with Gasteiger partial charge in [-0.2, -0.15) is 0 Å². The smallest absolute Gasteiger partial charge is 0.0756 e. The molecule has 0 aliphatic rings. The van der Waals surface area contributed by atoms with Gasteiger partial charge in [0.25, 0.3) is 0 Å². The van der Waals surface area contributed by atoms with Gasteiger partial charge in [-0.25, -0.2) is 0 Å². The molecule has 0 saturated carbocycles.